The Kier molecular flexibility index (Phi) is 4.34. The molecule has 1 saturated carbocycles. The van der Waals surface area contributed by atoms with Gasteiger partial charge in [0, 0.05) is 42.7 Å². The highest BCUT2D eigenvalue weighted by Crippen LogP contribution is 2.31. The van der Waals surface area contributed by atoms with Crippen molar-refractivity contribution in [3.63, 3.8) is 0 Å². The van der Waals surface area contributed by atoms with Crippen LogP contribution in [0.1, 0.15) is 25.3 Å². The van der Waals surface area contributed by atoms with Crippen LogP contribution in [0.15, 0.2) is 22.7 Å². The van der Waals surface area contributed by atoms with Crippen LogP contribution in [0.2, 0.25) is 0 Å². The Bertz CT molecular complexity index is 463. The maximum absolute atomic E-state index is 5.87. The summed E-state index contributed by atoms with van der Waals surface area (Å²) >= 11 is 3.73. The summed E-state index contributed by atoms with van der Waals surface area (Å²) in [5.74, 6) is 0. The minimum Gasteiger partial charge on any atom is -0.368 e. The van der Waals surface area contributed by atoms with Gasteiger partial charge >= 0.3 is 0 Å². The molecule has 1 saturated heterocycles. The lowest BCUT2D eigenvalue weighted by Gasteiger charge is -2.36. The van der Waals surface area contributed by atoms with Crippen molar-refractivity contribution in [2.75, 3.05) is 31.1 Å². The monoisotopic (exact) mass is 337 g/mol. The van der Waals surface area contributed by atoms with E-state index in [9.17, 15) is 0 Å². The summed E-state index contributed by atoms with van der Waals surface area (Å²) in [6.07, 6.45) is 3.76. The summed E-state index contributed by atoms with van der Waals surface area (Å²) in [6.45, 7) is 6.75. The molecule has 0 bridgehead atoms. The van der Waals surface area contributed by atoms with Crippen molar-refractivity contribution in [3.05, 3.63) is 28.2 Å². The van der Waals surface area contributed by atoms with Gasteiger partial charge < -0.3 is 10.6 Å². The van der Waals surface area contributed by atoms with Crippen LogP contribution in [-0.2, 0) is 6.42 Å². The molecule has 2 fully saturated rings. The summed E-state index contributed by atoms with van der Waals surface area (Å²) in [5.41, 5.74) is 8.51. The van der Waals surface area contributed by atoms with Crippen molar-refractivity contribution in [3.8, 4) is 0 Å². The molecule has 1 aromatic rings. The van der Waals surface area contributed by atoms with Crippen molar-refractivity contribution in [1.82, 2.24) is 4.90 Å². The number of benzene rings is 1. The predicted octanol–water partition coefficient (Wildman–Crippen LogP) is 2.62. The van der Waals surface area contributed by atoms with Crippen LogP contribution in [0.3, 0.4) is 0 Å². The molecule has 4 heteroatoms. The normalized spacial score (nSPS) is 22.1. The van der Waals surface area contributed by atoms with Gasteiger partial charge in [-0.15, -0.1) is 0 Å². The standard InChI is InChI=1S/C16H24BrN3/c1-12(18)10-13-2-5-16(15(17)11-13)20-8-6-19(7-9-20)14-3-4-14/h2,5,11-12,14H,3-4,6-10,18H2,1H3. The first-order valence-electron chi connectivity index (χ1n) is 7.66. The third kappa shape index (κ3) is 3.35. The van der Waals surface area contributed by atoms with Crippen LogP contribution in [0.25, 0.3) is 0 Å². The summed E-state index contributed by atoms with van der Waals surface area (Å²) < 4.78 is 1.20. The van der Waals surface area contributed by atoms with Crippen LogP contribution in [0.5, 0.6) is 0 Å². The number of halogens is 1. The zero-order chi connectivity index (χ0) is 14.1. The van der Waals surface area contributed by atoms with Gasteiger partial charge in [0.1, 0.15) is 0 Å². The topological polar surface area (TPSA) is 32.5 Å². The molecule has 3 nitrogen and oxygen atoms in total. The van der Waals surface area contributed by atoms with E-state index in [1.165, 1.54) is 41.7 Å². The van der Waals surface area contributed by atoms with Gasteiger partial charge in [-0.2, -0.15) is 0 Å². The van der Waals surface area contributed by atoms with Crippen LogP contribution < -0.4 is 10.6 Å². The first kappa shape index (κ1) is 14.4. The SMILES string of the molecule is CC(N)Cc1ccc(N2CCN(C3CC3)CC2)c(Br)c1. The average molecular weight is 338 g/mol. The van der Waals surface area contributed by atoms with Gasteiger partial charge in [0.15, 0.2) is 0 Å². The molecule has 0 radical (unpaired) electrons. The fraction of sp³-hybridized carbons (Fsp3) is 0.625. The van der Waals surface area contributed by atoms with Gasteiger partial charge in [0.25, 0.3) is 0 Å². The molecular weight excluding hydrogens is 314 g/mol. The molecule has 0 spiro atoms. The van der Waals surface area contributed by atoms with Gasteiger partial charge in [-0.1, -0.05) is 6.07 Å². The maximum Gasteiger partial charge on any atom is 0.0511 e. The van der Waals surface area contributed by atoms with Crippen molar-refractivity contribution in [2.24, 2.45) is 5.73 Å². The van der Waals surface area contributed by atoms with E-state index in [1.807, 2.05) is 0 Å². The Hall–Kier alpha value is -0.580. The fourth-order valence-corrected chi connectivity index (χ4v) is 3.75. The molecule has 1 unspecified atom stereocenters. The molecule has 2 N–H and O–H groups in total. The third-order valence-corrected chi connectivity index (χ3v) is 4.92. The summed E-state index contributed by atoms with van der Waals surface area (Å²) in [7, 11) is 0. The van der Waals surface area contributed by atoms with E-state index in [-0.39, 0.29) is 6.04 Å². The Labute approximate surface area is 130 Å². The van der Waals surface area contributed by atoms with Crippen molar-refractivity contribution in [1.29, 1.82) is 0 Å². The molecule has 110 valence electrons. The van der Waals surface area contributed by atoms with E-state index < -0.39 is 0 Å². The second kappa shape index (κ2) is 6.04. The van der Waals surface area contributed by atoms with Gasteiger partial charge in [0.2, 0.25) is 0 Å². The number of hydrogen-bond acceptors (Lipinski definition) is 3. The zero-order valence-electron chi connectivity index (χ0n) is 12.2. The Morgan fingerprint density at radius 3 is 2.50 bits per heavy atom. The summed E-state index contributed by atoms with van der Waals surface area (Å²) in [5, 5.41) is 0. The highest BCUT2D eigenvalue weighted by molar-refractivity contribution is 9.10. The minimum absolute atomic E-state index is 0.217. The smallest absolute Gasteiger partial charge is 0.0511 e. The number of anilines is 1. The molecule has 1 aliphatic carbocycles. The summed E-state index contributed by atoms with van der Waals surface area (Å²) in [6, 6.07) is 7.81. The Morgan fingerprint density at radius 2 is 1.95 bits per heavy atom. The summed E-state index contributed by atoms with van der Waals surface area (Å²) in [4.78, 5) is 5.15. The van der Waals surface area contributed by atoms with Gasteiger partial charge in [-0.05, 0) is 59.8 Å². The maximum atomic E-state index is 5.87. The number of rotatable bonds is 4. The van der Waals surface area contributed by atoms with Crippen LogP contribution in [0.4, 0.5) is 5.69 Å². The second-order valence-corrected chi connectivity index (χ2v) is 7.08. The van der Waals surface area contributed by atoms with E-state index in [0.717, 1.165) is 25.6 Å². The lowest BCUT2D eigenvalue weighted by Crippen LogP contribution is -2.47. The second-order valence-electron chi connectivity index (χ2n) is 6.22. The lowest BCUT2D eigenvalue weighted by molar-refractivity contribution is 0.248. The quantitative estimate of drug-likeness (QED) is 0.916. The minimum atomic E-state index is 0.217. The predicted molar refractivity (Wildman–Crippen MR) is 88.3 cm³/mol. The number of hydrogen-bond donors (Lipinski definition) is 1. The molecule has 2 aliphatic rings. The molecule has 20 heavy (non-hydrogen) atoms. The molecule has 3 rings (SSSR count). The molecule has 1 atom stereocenters. The highest BCUT2D eigenvalue weighted by atomic mass is 79.9. The van der Waals surface area contributed by atoms with Crippen molar-refractivity contribution in [2.45, 2.75) is 38.3 Å². The molecule has 0 amide bonds. The molecule has 1 heterocycles. The van der Waals surface area contributed by atoms with E-state index >= 15 is 0 Å². The average Bonchev–Trinajstić information content (AvgIpc) is 3.23. The van der Waals surface area contributed by atoms with Gasteiger partial charge in [-0.25, -0.2) is 0 Å². The first-order valence-corrected chi connectivity index (χ1v) is 8.46. The largest absolute Gasteiger partial charge is 0.368 e. The van der Waals surface area contributed by atoms with Crippen molar-refractivity contribution >= 4 is 21.6 Å². The van der Waals surface area contributed by atoms with E-state index in [2.05, 4.69) is 50.9 Å². The molecule has 1 aliphatic heterocycles. The van der Waals surface area contributed by atoms with Gasteiger partial charge in [0.05, 0.1) is 5.69 Å². The number of piperazine rings is 1. The van der Waals surface area contributed by atoms with E-state index in [4.69, 9.17) is 5.73 Å². The number of nitrogens with zero attached hydrogens (tertiary/aromatic N) is 2. The van der Waals surface area contributed by atoms with Crippen molar-refractivity contribution < 1.29 is 0 Å². The van der Waals surface area contributed by atoms with Crippen LogP contribution >= 0.6 is 15.9 Å². The van der Waals surface area contributed by atoms with Crippen LogP contribution in [-0.4, -0.2) is 43.2 Å². The first-order chi connectivity index (χ1) is 9.63. The number of nitrogens with two attached hydrogens (primary N) is 1. The zero-order valence-corrected chi connectivity index (χ0v) is 13.8. The van der Waals surface area contributed by atoms with E-state index in [0.29, 0.717) is 0 Å². The van der Waals surface area contributed by atoms with Gasteiger partial charge in [-0.3, -0.25) is 4.90 Å². The fourth-order valence-electron chi connectivity index (χ4n) is 3.07. The molecular formula is C16H24BrN3. The Balaban J connectivity index is 1.64. The van der Waals surface area contributed by atoms with E-state index in [1.54, 1.807) is 0 Å². The third-order valence-electron chi connectivity index (χ3n) is 4.29. The Morgan fingerprint density at radius 1 is 1.25 bits per heavy atom. The lowest BCUT2D eigenvalue weighted by atomic mass is 10.1. The molecule has 1 aromatic carbocycles. The molecule has 0 aromatic heterocycles. The van der Waals surface area contributed by atoms with Crippen LogP contribution in [0, 0.1) is 0 Å². The highest BCUT2D eigenvalue weighted by Gasteiger charge is 2.31.